The number of aryl methyl sites for hydroxylation is 2. The zero-order valence-corrected chi connectivity index (χ0v) is 12.5. The van der Waals surface area contributed by atoms with Crippen LogP contribution in [0.2, 0.25) is 0 Å². The van der Waals surface area contributed by atoms with Gasteiger partial charge >= 0.3 is 0 Å². The first-order valence-corrected chi connectivity index (χ1v) is 7.06. The van der Waals surface area contributed by atoms with E-state index in [0.29, 0.717) is 10.7 Å². The number of methoxy groups -OCH3 is 1. The zero-order valence-electron chi connectivity index (χ0n) is 11.7. The topological polar surface area (TPSA) is 49.8 Å². The summed E-state index contributed by atoms with van der Waals surface area (Å²) in [7, 11) is 1.55. The van der Waals surface area contributed by atoms with Crippen molar-refractivity contribution in [2.24, 2.45) is 0 Å². The van der Waals surface area contributed by atoms with Crippen molar-refractivity contribution in [1.82, 2.24) is 4.90 Å². The van der Waals surface area contributed by atoms with Gasteiger partial charge in [0, 0.05) is 13.3 Å². The first-order chi connectivity index (χ1) is 9.52. The lowest BCUT2D eigenvalue weighted by atomic mass is 10.1. The number of thioether (sulfide) groups is 1. The third-order valence-corrected chi connectivity index (χ3v) is 3.79. The maximum absolute atomic E-state index is 12.2. The number of ether oxygens (including phenoxy) is 1. The van der Waals surface area contributed by atoms with Crippen LogP contribution in [0.5, 0.6) is 5.75 Å². The van der Waals surface area contributed by atoms with E-state index < -0.39 is 0 Å². The van der Waals surface area contributed by atoms with Crippen molar-refractivity contribution in [3.63, 3.8) is 0 Å². The Bertz CT molecular complexity index is 570. The molecular weight excluding hydrogens is 274 g/mol. The van der Waals surface area contributed by atoms with Gasteiger partial charge in [-0.1, -0.05) is 11.8 Å². The van der Waals surface area contributed by atoms with Crippen LogP contribution in [0, 0.1) is 13.8 Å². The highest BCUT2D eigenvalue weighted by atomic mass is 32.2. The smallest absolute Gasteiger partial charge is 0.266 e. The van der Waals surface area contributed by atoms with Crippen molar-refractivity contribution < 1.29 is 14.6 Å². The van der Waals surface area contributed by atoms with Crippen LogP contribution >= 0.6 is 11.8 Å². The summed E-state index contributed by atoms with van der Waals surface area (Å²) < 4.78 is 4.99. The number of amides is 1. The average Bonchev–Trinajstić information content (AvgIpc) is 2.41. The van der Waals surface area contributed by atoms with E-state index in [-0.39, 0.29) is 12.6 Å². The minimum atomic E-state index is -0.0808. The summed E-state index contributed by atoms with van der Waals surface area (Å²) in [4.78, 5) is 14.4. The van der Waals surface area contributed by atoms with E-state index in [0.717, 1.165) is 16.7 Å². The number of nitrogens with zero attached hydrogens (tertiary/aromatic N) is 1. The molecule has 1 aromatic rings. The molecule has 20 heavy (non-hydrogen) atoms. The Labute approximate surface area is 122 Å². The largest absolute Gasteiger partial charge is 0.507 e. The molecule has 5 heteroatoms. The minimum Gasteiger partial charge on any atom is -0.507 e. The van der Waals surface area contributed by atoms with Gasteiger partial charge in [0.1, 0.15) is 12.5 Å². The molecule has 0 spiro atoms. The number of carbonyl (C=O) groups excluding carboxylic acids is 1. The van der Waals surface area contributed by atoms with Crippen molar-refractivity contribution >= 4 is 23.7 Å². The molecule has 106 valence electrons. The fourth-order valence-electron chi connectivity index (χ4n) is 2.00. The van der Waals surface area contributed by atoms with E-state index in [1.54, 1.807) is 13.3 Å². The van der Waals surface area contributed by atoms with E-state index in [1.807, 2.05) is 37.5 Å². The monoisotopic (exact) mass is 291 g/mol. The van der Waals surface area contributed by atoms with Crippen LogP contribution in [-0.4, -0.2) is 29.8 Å². The van der Waals surface area contributed by atoms with E-state index in [1.165, 1.54) is 16.7 Å². The second kappa shape index (κ2) is 6.15. The van der Waals surface area contributed by atoms with Crippen LogP contribution in [0.15, 0.2) is 28.6 Å². The van der Waals surface area contributed by atoms with Crippen molar-refractivity contribution in [3.05, 3.63) is 45.3 Å². The molecule has 1 N–H and O–H groups in total. The zero-order chi connectivity index (χ0) is 14.7. The second-order valence-electron chi connectivity index (χ2n) is 4.61. The first kappa shape index (κ1) is 14.7. The molecule has 0 atom stereocenters. The van der Waals surface area contributed by atoms with Crippen molar-refractivity contribution in [2.75, 3.05) is 13.8 Å². The third-order valence-electron chi connectivity index (χ3n) is 2.99. The van der Waals surface area contributed by atoms with Crippen LogP contribution < -0.4 is 0 Å². The number of aromatic hydroxyl groups is 1. The normalized spacial score (nSPS) is 17.1. The van der Waals surface area contributed by atoms with Gasteiger partial charge in [-0.3, -0.25) is 9.69 Å². The molecule has 1 aliphatic heterocycles. The number of phenolic OH excluding ortho intramolecular Hbond substituents is 1. The van der Waals surface area contributed by atoms with Crippen LogP contribution in [0.3, 0.4) is 0 Å². The summed E-state index contributed by atoms with van der Waals surface area (Å²) in [5, 5.41) is 11.6. The van der Waals surface area contributed by atoms with Crippen LogP contribution in [0.25, 0.3) is 6.08 Å². The highest BCUT2D eigenvalue weighted by molar-refractivity contribution is 8.06. The Morgan fingerprint density at radius 3 is 2.60 bits per heavy atom. The van der Waals surface area contributed by atoms with Crippen LogP contribution in [0.4, 0.5) is 0 Å². The molecule has 0 fully saturated rings. The highest BCUT2D eigenvalue weighted by Gasteiger charge is 2.20. The number of hydrogen-bond acceptors (Lipinski definition) is 4. The summed E-state index contributed by atoms with van der Waals surface area (Å²) in [5.74, 6) is 0.221. The quantitative estimate of drug-likeness (QED) is 0.870. The standard InChI is InChI=1S/C15H17NO3S/c1-10-6-12(7-11(2)14(10)17)8-13-15(18)16(9-19-3)4-5-20-13/h4-8,17H,9H2,1-3H3/b13-8-. The SMILES string of the molecule is COCN1C=CS/C(=C\c2cc(C)c(O)c(C)c2)C1=O. The molecule has 0 unspecified atom stereocenters. The molecule has 0 aliphatic carbocycles. The molecular formula is C15H17NO3S. The fraction of sp³-hybridized carbons (Fsp3) is 0.267. The Morgan fingerprint density at radius 1 is 1.35 bits per heavy atom. The van der Waals surface area contributed by atoms with Gasteiger partial charge in [0.2, 0.25) is 0 Å². The summed E-state index contributed by atoms with van der Waals surface area (Å²) in [6.45, 7) is 3.93. The Hall–Kier alpha value is -1.72. The third kappa shape index (κ3) is 3.05. The van der Waals surface area contributed by atoms with Gasteiger partial charge in [-0.2, -0.15) is 0 Å². The molecule has 0 aromatic heterocycles. The summed E-state index contributed by atoms with van der Waals surface area (Å²) in [5.41, 5.74) is 2.50. The lowest BCUT2D eigenvalue weighted by molar-refractivity contribution is -0.127. The molecule has 0 saturated carbocycles. The Morgan fingerprint density at radius 2 is 2.00 bits per heavy atom. The second-order valence-corrected chi connectivity index (χ2v) is 5.56. The van der Waals surface area contributed by atoms with Crippen molar-refractivity contribution in [1.29, 1.82) is 0 Å². The predicted molar refractivity (Wildman–Crippen MR) is 81.0 cm³/mol. The summed E-state index contributed by atoms with van der Waals surface area (Å²) in [6, 6.07) is 3.73. The summed E-state index contributed by atoms with van der Waals surface area (Å²) in [6.07, 6.45) is 3.54. The van der Waals surface area contributed by atoms with Crippen LogP contribution in [0.1, 0.15) is 16.7 Å². The van der Waals surface area contributed by atoms with Gasteiger partial charge in [0.15, 0.2) is 0 Å². The van der Waals surface area contributed by atoms with Gasteiger partial charge in [-0.15, -0.1) is 0 Å². The molecule has 0 saturated heterocycles. The number of carbonyl (C=O) groups is 1. The van der Waals surface area contributed by atoms with E-state index in [2.05, 4.69) is 0 Å². The first-order valence-electron chi connectivity index (χ1n) is 6.18. The molecule has 0 bridgehead atoms. The van der Waals surface area contributed by atoms with E-state index >= 15 is 0 Å². The highest BCUT2D eigenvalue weighted by Crippen LogP contribution is 2.29. The lowest BCUT2D eigenvalue weighted by Crippen LogP contribution is -2.29. The predicted octanol–water partition coefficient (Wildman–Crippen LogP) is 3.00. The van der Waals surface area contributed by atoms with E-state index in [4.69, 9.17) is 4.74 Å². The molecule has 1 amide bonds. The maximum atomic E-state index is 12.2. The fourth-order valence-corrected chi connectivity index (χ4v) is 2.77. The number of rotatable bonds is 3. The molecule has 1 heterocycles. The molecule has 2 rings (SSSR count). The number of hydrogen-bond donors (Lipinski definition) is 1. The lowest BCUT2D eigenvalue weighted by Gasteiger charge is -2.21. The minimum absolute atomic E-state index is 0.0808. The van der Waals surface area contributed by atoms with Gasteiger partial charge < -0.3 is 9.84 Å². The number of phenols is 1. The van der Waals surface area contributed by atoms with Gasteiger partial charge in [-0.25, -0.2) is 0 Å². The maximum Gasteiger partial charge on any atom is 0.266 e. The van der Waals surface area contributed by atoms with Crippen molar-refractivity contribution in [3.8, 4) is 5.75 Å². The molecule has 1 aromatic carbocycles. The van der Waals surface area contributed by atoms with Gasteiger partial charge in [0.05, 0.1) is 4.91 Å². The molecule has 4 nitrogen and oxygen atoms in total. The van der Waals surface area contributed by atoms with Gasteiger partial charge in [-0.05, 0) is 54.2 Å². The van der Waals surface area contributed by atoms with Crippen molar-refractivity contribution in [2.45, 2.75) is 13.8 Å². The average molecular weight is 291 g/mol. The summed E-state index contributed by atoms with van der Waals surface area (Å²) >= 11 is 1.38. The Balaban J connectivity index is 2.31. The molecule has 0 radical (unpaired) electrons. The van der Waals surface area contributed by atoms with E-state index in [9.17, 15) is 9.90 Å². The van der Waals surface area contributed by atoms with Crippen LogP contribution in [-0.2, 0) is 9.53 Å². The van der Waals surface area contributed by atoms with Gasteiger partial charge in [0.25, 0.3) is 5.91 Å². The molecule has 1 aliphatic rings. The number of benzene rings is 1. The Kier molecular flexibility index (Phi) is 4.52.